The standard InChI is InChI=1S/C22H29FN3O2Si/c1-4-18-14-26(12-11-25-18)15-29(20-10-5-16(2)21(23)13-20)28-19-8-6-17(7-9-19)22(27)24-3/h5-10,13,18,25H,4,11-12,14-15H2,1-3H3,(H,24,27)/t18-/m0/s1. The van der Waals surface area contributed by atoms with Crippen molar-refractivity contribution in [1.82, 2.24) is 15.5 Å². The Hall–Kier alpha value is -2.22. The molecule has 1 radical (unpaired) electrons. The van der Waals surface area contributed by atoms with Crippen molar-refractivity contribution >= 4 is 20.1 Å². The van der Waals surface area contributed by atoms with Gasteiger partial charge in [0.15, 0.2) is 0 Å². The van der Waals surface area contributed by atoms with E-state index < -0.39 is 9.04 Å². The van der Waals surface area contributed by atoms with E-state index in [2.05, 4.69) is 22.5 Å². The molecule has 29 heavy (non-hydrogen) atoms. The summed E-state index contributed by atoms with van der Waals surface area (Å²) in [6.45, 7) is 6.84. The van der Waals surface area contributed by atoms with Crippen molar-refractivity contribution in [2.24, 2.45) is 0 Å². The summed E-state index contributed by atoms with van der Waals surface area (Å²) in [5, 5.41) is 7.06. The third kappa shape index (κ3) is 5.65. The van der Waals surface area contributed by atoms with E-state index >= 15 is 0 Å². The van der Waals surface area contributed by atoms with E-state index in [9.17, 15) is 9.18 Å². The van der Waals surface area contributed by atoms with Crippen LogP contribution in [0.25, 0.3) is 0 Å². The number of carbonyl (C=O) groups is 1. The number of hydrogen-bond acceptors (Lipinski definition) is 4. The predicted molar refractivity (Wildman–Crippen MR) is 116 cm³/mol. The highest BCUT2D eigenvalue weighted by atomic mass is 28.3. The van der Waals surface area contributed by atoms with Crippen LogP contribution in [0.4, 0.5) is 4.39 Å². The molecule has 2 aromatic rings. The summed E-state index contributed by atoms with van der Waals surface area (Å²) in [6.07, 6.45) is 1.86. The van der Waals surface area contributed by atoms with Crippen LogP contribution >= 0.6 is 0 Å². The summed E-state index contributed by atoms with van der Waals surface area (Å²) < 4.78 is 20.6. The Labute approximate surface area is 174 Å². The second kappa shape index (κ2) is 10.0. The zero-order chi connectivity index (χ0) is 20.8. The molecule has 1 atom stereocenters. The molecule has 2 aromatic carbocycles. The Balaban J connectivity index is 1.80. The van der Waals surface area contributed by atoms with Crippen LogP contribution in [0.15, 0.2) is 42.5 Å². The van der Waals surface area contributed by atoms with Crippen LogP contribution in [0.5, 0.6) is 5.75 Å². The first kappa shape index (κ1) is 21.5. The first-order valence-electron chi connectivity index (χ1n) is 10.1. The molecule has 1 aliphatic heterocycles. The van der Waals surface area contributed by atoms with Gasteiger partial charge in [-0.15, -0.1) is 0 Å². The summed E-state index contributed by atoms with van der Waals surface area (Å²) in [5.41, 5.74) is 1.22. The monoisotopic (exact) mass is 414 g/mol. The number of aryl methyl sites for hydroxylation is 1. The van der Waals surface area contributed by atoms with Crippen LogP contribution in [0.2, 0.25) is 0 Å². The molecule has 1 saturated heterocycles. The van der Waals surface area contributed by atoms with Gasteiger partial charge in [-0.3, -0.25) is 9.69 Å². The molecule has 1 aliphatic rings. The van der Waals surface area contributed by atoms with Gasteiger partial charge in [0, 0.05) is 44.5 Å². The summed E-state index contributed by atoms with van der Waals surface area (Å²) in [4.78, 5) is 14.2. The Kier molecular flexibility index (Phi) is 7.41. The number of hydrogen-bond donors (Lipinski definition) is 2. The molecule has 1 fully saturated rings. The molecule has 7 heteroatoms. The fraction of sp³-hybridized carbons (Fsp3) is 0.409. The van der Waals surface area contributed by atoms with Gasteiger partial charge in [0.1, 0.15) is 11.6 Å². The van der Waals surface area contributed by atoms with Crippen LogP contribution in [-0.4, -0.2) is 58.7 Å². The van der Waals surface area contributed by atoms with Gasteiger partial charge in [-0.2, -0.15) is 0 Å². The largest absolute Gasteiger partial charge is 0.536 e. The van der Waals surface area contributed by atoms with Crippen molar-refractivity contribution in [1.29, 1.82) is 0 Å². The molecule has 1 heterocycles. The van der Waals surface area contributed by atoms with Gasteiger partial charge in [-0.05, 0) is 54.4 Å². The van der Waals surface area contributed by atoms with E-state index in [0.29, 0.717) is 22.9 Å². The molecule has 155 valence electrons. The first-order valence-corrected chi connectivity index (χ1v) is 11.7. The smallest absolute Gasteiger partial charge is 0.331 e. The molecule has 0 spiro atoms. The van der Waals surface area contributed by atoms with E-state index in [4.69, 9.17) is 4.43 Å². The fourth-order valence-corrected chi connectivity index (χ4v) is 5.46. The Morgan fingerprint density at radius 2 is 2.07 bits per heavy atom. The molecule has 0 unspecified atom stereocenters. The topological polar surface area (TPSA) is 53.6 Å². The van der Waals surface area contributed by atoms with E-state index in [1.807, 2.05) is 24.3 Å². The van der Waals surface area contributed by atoms with Gasteiger partial charge in [0.25, 0.3) is 5.91 Å². The third-order valence-electron chi connectivity index (χ3n) is 5.28. The van der Waals surface area contributed by atoms with Gasteiger partial charge >= 0.3 is 9.04 Å². The molecule has 1 amide bonds. The highest BCUT2D eigenvalue weighted by Crippen LogP contribution is 2.15. The lowest BCUT2D eigenvalue weighted by molar-refractivity contribution is 0.0963. The van der Waals surface area contributed by atoms with Gasteiger partial charge in [0.05, 0.1) is 0 Å². The Bertz CT molecular complexity index is 831. The maximum absolute atomic E-state index is 14.2. The highest BCUT2D eigenvalue weighted by molar-refractivity contribution is 6.68. The molecule has 2 N–H and O–H groups in total. The lowest BCUT2D eigenvalue weighted by Crippen LogP contribution is -2.56. The molecule has 0 bridgehead atoms. The Morgan fingerprint density at radius 1 is 1.31 bits per heavy atom. The van der Waals surface area contributed by atoms with E-state index in [0.717, 1.165) is 37.4 Å². The highest BCUT2D eigenvalue weighted by Gasteiger charge is 2.27. The maximum atomic E-state index is 14.2. The third-order valence-corrected chi connectivity index (χ3v) is 7.45. The molecular weight excluding hydrogens is 385 g/mol. The average Bonchev–Trinajstić information content (AvgIpc) is 2.75. The van der Waals surface area contributed by atoms with Crippen molar-refractivity contribution in [3.8, 4) is 5.75 Å². The van der Waals surface area contributed by atoms with Crippen LogP contribution in [-0.2, 0) is 0 Å². The quantitative estimate of drug-likeness (QED) is 0.681. The summed E-state index contributed by atoms with van der Waals surface area (Å²) in [7, 11) is 0.0842. The number of piperazine rings is 1. The second-order valence-electron chi connectivity index (χ2n) is 7.39. The molecular formula is C22H29FN3O2Si. The maximum Gasteiger partial charge on any atom is 0.331 e. The zero-order valence-corrected chi connectivity index (χ0v) is 18.3. The lowest BCUT2D eigenvalue weighted by atomic mass is 10.2. The predicted octanol–water partition coefficient (Wildman–Crippen LogP) is 1.99. The van der Waals surface area contributed by atoms with Crippen LogP contribution < -0.4 is 20.2 Å². The molecule has 0 aromatic heterocycles. The SMILES string of the molecule is CC[C@H]1CN(C[Si](Oc2ccc(C(=O)NC)cc2)c2ccc(C)c(F)c2)CCN1. The van der Waals surface area contributed by atoms with Gasteiger partial charge < -0.3 is 15.1 Å². The number of halogens is 1. The van der Waals surface area contributed by atoms with Crippen LogP contribution in [0, 0.1) is 12.7 Å². The minimum atomic E-state index is -1.52. The number of amides is 1. The van der Waals surface area contributed by atoms with Gasteiger partial charge in [0.2, 0.25) is 0 Å². The molecule has 5 nitrogen and oxygen atoms in total. The fourth-order valence-electron chi connectivity index (χ4n) is 3.42. The molecule has 0 aliphatic carbocycles. The van der Waals surface area contributed by atoms with E-state index in [1.165, 1.54) is 0 Å². The van der Waals surface area contributed by atoms with E-state index in [1.54, 1.807) is 32.2 Å². The Morgan fingerprint density at radius 3 is 2.72 bits per heavy atom. The normalized spacial score (nSPS) is 17.3. The minimum absolute atomic E-state index is 0.130. The zero-order valence-electron chi connectivity index (χ0n) is 17.3. The summed E-state index contributed by atoms with van der Waals surface area (Å²) in [5.74, 6) is 0.374. The lowest BCUT2D eigenvalue weighted by Gasteiger charge is -2.34. The van der Waals surface area contributed by atoms with Crippen molar-refractivity contribution < 1.29 is 13.6 Å². The number of nitrogens with one attached hydrogen (secondary N) is 2. The number of carbonyl (C=O) groups excluding carboxylic acids is 1. The number of rotatable bonds is 7. The second-order valence-corrected chi connectivity index (χ2v) is 9.33. The van der Waals surface area contributed by atoms with Gasteiger partial charge in [-0.1, -0.05) is 19.1 Å². The van der Waals surface area contributed by atoms with Crippen molar-refractivity contribution in [3.63, 3.8) is 0 Å². The summed E-state index contributed by atoms with van der Waals surface area (Å²) in [6, 6.07) is 13.0. The van der Waals surface area contributed by atoms with Crippen molar-refractivity contribution in [2.45, 2.75) is 26.3 Å². The summed E-state index contributed by atoms with van der Waals surface area (Å²) >= 11 is 0. The van der Waals surface area contributed by atoms with E-state index in [-0.39, 0.29) is 11.7 Å². The minimum Gasteiger partial charge on any atom is -0.536 e. The number of nitrogens with zero attached hydrogens (tertiary/aromatic N) is 1. The van der Waals surface area contributed by atoms with Gasteiger partial charge in [-0.25, -0.2) is 4.39 Å². The number of benzene rings is 2. The molecule has 0 saturated carbocycles. The van der Waals surface area contributed by atoms with Crippen molar-refractivity contribution in [3.05, 3.63) is 59.4 Å². The van der Waals surface area contributed by atoms with Crippen LogP contribution in [0.1, 0.15) is 29.3 Å². The van der Waals surface area contributed by atoms with Crippen molar-refractivity contribution in [2.75, 3.05) is 32.8 Å². The average molecular weight is 415 g/mol. The van der Waals surface area contributed by atoms with Crippen LogP contribution in [0.3, 0.4) is 0 Å². The molecule has 3 rings (SSSR count). The first-order chi connectivity index (χ1) is 14.0.